The van der Waals surface area contributed by atoms with E-state index in [1.54, 1.807) is 0 Å². The fraction of sp³-hybridized carbons (Fsp3) is 0.400. The number of carbonyl (C=O) groups excluding carboxylic acids is 1. The average molecular weight is 330 g/mol. The van der Waals surface area contributed by atoms with Crippen LogP contribution in [0.5, 0.6) is 0 Å². The molecule has 3 rings (SSSR count). The molecule has 0 unspecified atom stereocenters. The maximum Gasteiger partial charge on any atom is 0.445 e. The van der Waals surface area contributed by atoms with E-state index in [1.165, 1.54) is 12.1 Å². The number of cyclic esters (lactones) is 1. The molecule has 0 spiro atoms. The molecular weight excluding hydrogens is 319 g/mol. The first-order chi connectivity index (χ1) is 10.2. The SMILES string of the molecule is C[C@@H]1C[C@@H]1C#C[C@@]1(C(F)(F)F)OC(=O)Nc2ccc(Cl)cc21. The molecule has 1 aliphatic heterocycles. The minimum Gasteiger partial charge on any atom is -0.415 e. The van der Waals surface area contributed by atoms with Gasteiger partial charge in [0.1, 0.15) is 0 Å². The van der Waals surface area contributed by atoms with Crippen LogP contribution in [0.1, 0.15) is 18.9 Å². The number of anilines is 1. The third-order valence-corrected chi connectivity index (χ3v) is 4.02. The van der Waals surface area contributed by atoms with E-state index in [-0.39, 0.29) is 28.1 Å². The van der Waals surface area contributed by atoms with E-state index in [0.29, 0.717) is 0 Å². The molecule has 1 N–H and O–H groups in total. The van der Waals surface area contributed by atoms with Crippen LogP contribution in [0.15, 0.2) is 18.2 Å². The van der Waals surface area contributed by atoms with Gasteiger partial charge in [-0.15, -0.1) is 0 Å². The van der Waals surface area contributed by atoms with Crippen LogP contribution in [0.3, 0.4) is 0 Å². The molecule has 1 amide bonds. The highest BCUT2D eigenvalue weighted by atomic mass is 35.5. The van der Waals surface area contributed by atoms with Crippen molar-refractivity contribution in [1.82, 2.24) is 0 Å². The van der Waals surface area contributed by atoms with E-state index in [4.69, 9.17) is 11.6 Å². The molecule has 1 aliphatic carbocycles. The van der Waals surface area contributed by atoms with Crippen molar-refractivity contribution in [2.24, 2.45) is 11.8 Å². The van der Waals surface area contributed by atoms with Gasteiger partial charge >= 0.3 is 12.3 Å². The molecule has 0 radical (unpaired) electrons. The van der Waals surface area contributed by atoms with Gasteiger partial charge in [0, 0.05) is 16.5 Å². The van der Waals surface area contributed by atoms with E-state index < -0.39 is 17.9 Å². The van der Waals surface area contributed by atoms with Gasteiger partial charge in [-0.2, -0.15) is 13.2 Å². The maximum absolute atomic E-state index is 13.7. The monoisotopic (exact) mass is 329 g/mol. The fourth-order valence-corrected chi connectivity index (χ4v) is 2.51. The van der Waals surface area contributed by atoms with Gasteiger partial charge in [0.15, 0.2) is 0 Å². The lowest BCUT2D eigenvalue weighted by Crippen LogP contribution is -2.49. The molecule has 22 heavy (non-hydrogen) atoms. The highest BCUT2D eigenvalue weighted by molar-refractivity contribution is 6.30. The molecule has 1 aromatic rings. The molecule has 1 heterocycles. The van der Waals surface area contributed by atoms with Crippen LogP contribution in [0.4, 0.5) is 23.7 Å². The summed E-state index contributed by atoms with van der Waals surface area (Å²) in [5.74, 6) is 4.91. The van der Waals surface area contributed by atoms with Gasteiger partial charge in [0.25, 0.3) is 5.60 Å². The summed E-state index contributed by atoms with van der Waals surface area (Å²) in [6, 6.07) is 3.82. The summed E-state index contributed by atoms with van der Waals surface area (Å²) in [4.78, 5) is 11.6. The van der Waals surface area contributed by atoms with Crippen molar-refractivity contribution in [2.75, 3.05) is 5.32 Å². The lowest BCUT2D eigenvalue weighted by Gasteiger charge is -2.35. The molecule has 3 atom stereocenters. The van der Waals surface area contributed by atoms with Crippen LogP contribution in [0.25, 0.3) is 0 Å². The summed E-state index contributed by atoms with van der Waals surface area (Å²) in [7, 11) is 0. The first-order valence-electron chi connectivity index (χ1n) is 6.62. The number of rotatable bonds is 0. The molecule has 1 saturated carbocycles. The number of hydrogen-bond acceptors (Lipinski definition) is 2. The zero-order chi connectivity index (χ0) is 16.1. The normalized spacial score (nSPS) is 29.6. The summed E-state index contributed by atoms with van der Waals surface area (Å²) in [5.41, 5.74) is -3.29. The third kappa shape index (κ3) is 2.40. The highest BCUT2D eigenvalue weighted by Gasteiger charge is 2.62. The van der Waals surface area contributed by atoms with Crippen molar-refractivity contribution < 1.29 is 22.7 Å². The molecule has 7 heteroatoms. The number of amides is 1. The molecule has 3 nitrogen and oxygen atoms in total. The second-order valence-corrected chi connectivity index (χ2v) is 5.91. The standard InChI is InChI=1S/C15H11ClF3NO2/c1-8-6-9(8)4-5-14(15(17,18)19)11-7-10(16)2-3-12(11)20-13(21)22-14/h2-3,7-9H,6H2,1H3,(H,20,21)/t8-,9+,14-/m1/s1. The Bertz CT molecular complexity index is 707. The minimum atomic E-state index is -4.88. The number of carbonyl (C=O) groups is 1. The van der Waals surface area contributed by atoms with Crippen LogP contribution in [-0.4, -0.2) is 12.3 Å². The Kier molecular flexibility index (Phi) is 3.29. The Labute approximate surface area is 129 Å². The maximum atomic E-state index is 13.7. The predicted octanol–water partition coefficient (Wildman–Crippen LogP) is 4.32. The molecule has 1 fully saturated rings. The molecular formula is C15H11ClF3NO2. The summed E-state index contributed by atoms with van der Waals surface area (Å²) >= 11 is 5.80. The Balaban J connectivity index is 2.18. The van der Waals surface area contributed by atoms with Gasteiger partial charge < -0.3 is 4.74 Å². The topological polar surface area (TPSA) is 38.3 Å². The largest absolute Gasteiger partial charge is 0.445 e. The van der Waals surface area contributed by atoms with Gasteiger partial charge in [-0.05, 0) is 36.5 Å². The quantitative estimate of drug-likeness (QED) is 0.720. The Morgan fingerprint density at radius 1 is 1.45 bits per heavy atom. The fourth-order valence-electron chi connectivity index (χ4n) is 2.34. The van der Waals surface area contributed by atoms with Crippen molar-refractivity contribution >= 4 is 23.4 Å². The number of halogens is 4. The van der Waals surface area contributed by atoms with Gasteiger partial charge in [0.05, 0.1) is 5.69 Å². The van der Waals surface area contributed by atoms with Crippen molar-refractivity contribution in [3.63, 3.8) is 0 Å². The van der Waals surface area contributed by atoms with Crippen LogP contribution < -0.4 is 5.32 Å². The Morgan fingerprint density at radius 3 is 2.73 bits per heavy atom. The number of fused-ring (bicyclic) bond motifs is 1. The van der Waals surface area contributed by atoms with Gasteiger partial charge in [-0.1, -0.05) is 24.4 Å². The molecule has 116 valence electrons. The van der Waals surface area contributed by atoms with Crippen LogP contribution >= 0.6 is 11.6 Å². The van der Waals surface area contributed by atoms with Crippen LogP contribution in [0.2, 0.25) is 5.02 Å². The van der Waals surface area contributed by atoms with Gasteiger partial charge in [-0.25, -0.2) is 4.79 Å². The molecule has 1 aromatic carbocycles. The third-order valence-electron chi connectivity index (χ3n) is 3.79. The van der Waals surface area contributed by atoms with Crippen molar-refractivity contribution in [3.8, 4) is 11.8 Å². The zero-order valence-corrected chi connectivity index (χ0v) is 12.2. The first kappa shape index (κ1) is 15.0. The van der Waals surface area contributed by atoms with Crippen molar-refractivity contribution in [3.05, 3.63) is 28.8 Å². The van der Waals surface area contributed by atoms with Gasteiger partial charge in [0.2, 0.25) is 0 Å². The van der Waals surface area contributed by atoms with E-state index in [2.05, 4.69) is 21.9 Å². The minimum absolute atomic E-state index is 0.00359. The van der Waals surface area contributed by atoms with Crippen LogP contribution in [-0.2, 0) is 10.3 Å². The average Bonchev–Trinajstić information content (AvgIpc) is 3.11. The lowest BCUT2D eigenvalue weighted by atomic mass is 9.90. The molecule has 0 saturated heterocycles. The number of benzene rings is 1. The Morgan fingerprint density at radius 2 is 2.14 bits per heavy atom. The number of hydrogen-bond donors (Lipinski definition) is 1. The van der Waals surface area contributed by atoms with Crippen molar-refractivity contribution in [2.45, 2.75) is 25.1 Å². The summed E-state index contributed by atoms with van der Waals surface area (Å²) in [5, 5.41) is 2.34. The zero-order valence-electron chi connectivity index (χ0n) is 11.4. The lowest BCUT2D eigenvalue weighted by molar-refractivity contribution is -0.239. The second kappa shape index (κ2) is 4.82. The van der Waals surface area contributed by atoms with Crippen LogP contribution in [0, 0.1) is 23.7 Å². The number of nitrogens with one attached hydrogen (secondary N) is 1. The molecule has 0 bridgehead atoms. The number of alkyl halides is 3. The summed E-state index contributed by atoms with van der Waals surface area (Å²) in [6.45, 7) is 1.90. The summed E-state index contributed by atoms with van der Waals surface area (Å²) < 4.78 is 45.7. The second-order valence-electron chi connectivity index (χ2n) is 5.47. The van der Waals surface area contributed by atoms with Crippen molar-refractivity contribution in [1.29, 1.82) is 0 Å². The predicted molar refractivity (Wildman–Crippen MR) is 74.3 cm³/mol. The smallest absolute Gasteiger partial charge is 0.415 e. The van der Waals surface area contributed by atoms with Gasteiger partial charge in [-0.3, -0.25) is 5.32 Å². The molecule has 0 aromatic heterocycles. The Hall–Kier alpha value is -1.87. The molecule has 2 aliphatic rings. The van der Waals surface area contributed by atoms with E-state index >= 15 is 0 Å². The van der Waals surface area contributed by atoms with E-state index in [9.17, 15) is 18.0 Å². The van der Waals surface area contributed by atoms with E-state index in [1.807, 2.05) is 6.92 Å². The first-order valence-corrected chi connectivity index (χ1v) is 7.00. The van der Waals surface area contributed by atoms with E-state index in [0.717, 1.165) is 12.5 Å². The number of ether oxygens (including phenoxy) is 1. The highest BCUT2D eigenvalue weighted by Crippen LogP contribution is 2.48. The summed E-state index contributed by atoms with van der Waals surface area (Å²) in [6.07, 6.45) is -5.32.